The highest BCUT2D eigenvalue weighted by Gasteiger charge is 2.16. The van der Waals surface area contributed by atoms with Crippen LogP contribution >= 0.6 is 0 Å². The van der Waals surface area contributed by atoms with Gasteiger partial charge in [0.2, 0.25) is 5.91 Å². The van der Waals surface area contributed by atoms with Crippen molar-refractivity contribution in [2.75, 3.05) is 5.32 Å². The predicted molar refractivity (Wildman–Crippen MR) is 93.4 cm³/mol. The van der Waals surface area contributed by atoms with E-state index in [1.807, 2.05) is 24.3 Å². The molecule has 0 spiro atoms. The van der Waals surface area contributed by atoms with Gasteiger partial charge in [0.1, 0.15) is 11.6 Å². The van der Waals surface area contributed by atoms with Gasteiger partial charge in [-0.15, -0.1) is 0 Å². The zero-order chi connectivity index (χ0) is 16.8. The summed E-state index contributed by atoms with van der Waals surface area (Å²) in [5.74, 6) is 0.307. The summed E-state index contributed by atoms with van der Waals surface area (Å²) in [5, 5.41) is 2.79. The first-order valence-corrected chi connectivity index (χ1v) is 8.20. The van der Waals surface area contributed by atoms with Gasteiger partial charge in [-0.3, -0.25) is 4.79 Å². The Morgan fingerprint density at radius 2 is 1.71 bits per heavy atom. The molecule has 2 aromatic carbocycles. The van der Waals surface area contributed by atoms with E-state index in [-0.39, 0.29) is 11.7 Å². The molecule has 1 fully saturated rings. The molecule has 4 heteroatoms. The Bertz CT molecular complexity index is 701. The van der Waals surface area contributed by atoms with Crippen LogP contribution < -0.4 is 10.1 Å². The van der Waals surface area contributed by atoms with Crippen LogP contribution in [0.1, 0.15) is 31.2 Å². The molecule has 0 radical (unpaired) electrons. The smallest absolute Gasteiger partial charge is 0.248 e. The number of anilines is 1. The minimum atomic E-state index is -0.295. The number of hydrogen-bond acceptors (Lipinski definition) is 2. The fourth-order valence-corrected chi connectivity index (χ4v) is 2.75. The van der Waals surface area contributed by atoms with E-state index in [4.69, 9.17) is 4.74 Å². The standard InChI is InChI=1S/C20H20FNO2/c21-16-8-5-15(6-9-16)7-14-20(23)22-17-10-12-19(13-11-17)24-18-3-1-2-4-18/h5-14,18H,1-4H2,(H,22,23)/b14-7+. The number of ether oxygens (including phenoxy) is 1. The van der Waals surface area contributed by atoms with E-state index in [9.17, 15) is 9.18 Å². The molecular formula is C20H20FNO2. The Kier molecular flexibility index (Phi) is 5.26. The lowest BCUT2D eigenvalue weighted by molar-refractivity contribution is -0.111. The molecule has 1 N–H and O–H groups in total. The molecule has 1 aliphatic carbocycles. The third-order valence-corrected chi connectivity index (χ3v) is 4.02. The zero-order valence-electron chi connectivity index (χ0n) is 13.4. The number of hydrogen-bond donors (Lipinski definition) is 1. The Hall–Kier alpha value is -2.62. The van der Waals surface area contributed by atoms with Gasteiger partial charge in [-0.1, -0.05) is 12.1 Å². The first-order valence-electron chi connectivity index (χ1n) is 8.20. The van der Waals surface area contributed by atoms with Crippen LogP contribution in [0, 0.1) is 5.82 Å². The highest BCUT2D eigenvalue weighted by atomic mass is 19.1. The van der Waals surface area contributed by atoms with Crippen molar-refractivity contribution in [3.63, 3.8) is 0 Å². The number of amides is 1. The molecule has 1 saturated carbocycles. The van der Waals surface area contributed by atoms with Crippen LogP contribution in [-0.2, 0) is 4.79 Å². The average molecular weight is 325 g/mol. The Balaban J connectivity index is 1.53. The van der Waals surface area contributed by atoms with E-state index in [1.165, 1.54) is 31.1 Å². The fourth-order valence-electron chi connectivity index (χ4n) is 2.75. The molecule has 0 aliphatic heterocycles. The molecule has 24 heavy (non-hydrogen) atoms. The molecule has 124 valence electrons. The van der Waals surface area contributed by atoms with E-state index in [0.717, 1.165) is 24.2 Å². The van der Waals surface area contributed by atoms with Gasteiger partial charge in [0, 0.05) is 11.8 Å². The summed E-state index contributed by atoms with van der Waals surface area (Å²) < 4.78 is 18.7. The number of carbonyl (C=O) groups excluding carboxylic acids is 1. The molecule has 3 rings (SSSR count). The highest BCUT2D eigenvalue weighted by molar-refractivity contribution is 6.01. The van der Waals surface area contributed by atoms with Gasteiger partial charge < -0.3 is 10.1 Å². The summed E-state index contributed by atoms with van der Waals surface area (Å²) in [5.41, 5.74) is 1.48. The zero-order valence-corrected chi connectivity index (χ0v) is 13.4. The molecule has 0 aromatic heterocycles. The highest BCUT2D eigenvalue weighted by Crippen LogP contribution is 2.25. The Labute approximate surface area is 141 Å². The number of carbonyl (C=O) groups is 1. The van der Waals surface area contributed by atoms with E-state index in [2.05, 4.69) is 5.32 Å². The van der Waals surface area contributed by atoms with Gasteiger partial charge in [0.05, 0.1) is 6.10 Å². The third kappa shape index (κ3) is 4.69. The van der Waals surface area contributed by atoms with Gasteiger partial charge in [-0.05, 0) is 73.7 Å². The van der Waals surface area contributed by atoms with E-state index >= 15 is 0 Å². The second-order valence-corrected chi connectivity index (χ2v) is 5.92. The summed E-state index contributed by atoms with van der Waals surface area (Å²) >= 11 is 0. The molecular weight excluding hydrogens is 305 g/mol. The quantitative estimate of drug-likeness (QED) is 0.802. The lowest BCUT2D eigenvalue weighted by atomic mass is 10.2. The normalized spacial score (nSPS) is 14.9. The van der Waals surface area contributed by atoms with Crippen molar-refractivity contribution in [3.8, 4) is 5.75 Å². The van der Waals surface area contributed by atoms with Crippen LogP contribution in [0.3, 0.4) is 0 Å². The molecule has 2 aromatic rings. The first kappa shape index (κ1) is 16.2. The largest absolute Gasteiger partial charge is 0.490 e. The number of halogens is 1. The molecule has 0 saturated heterocycles. The molecule has 3 nitrogen and oxygen atoms in total. The van der Waals surface area contributed by atoms with Crippen LogP contribution in [0.5, 0.6) is 5.75 Å². The summed E-state index contributed by atoms with van der Waals surface area (Å²) in [6.07, 6.45) is 8.10. The van der Waals surface area contributed by atoms with Crippen molar-refractivity contribution in [1.82, 2.24) is 0 Å². The van der Waals surface area contributed by atoms with Gasteiger partial charge >= 0.3 is 0 Å². The third-order valence-electron chi connectivity index (χ3n) is 4.02. The second-order valence-electron chi connectivity index (χ2n) is 5.92. The van der Waals surface area contributed by atoms with Gasteiger partial charge in [0.25, 0.3) is 0 Å². The average Bonchev–Trinajstić information content (AvgIpc) is 3.09. The van der Waals surface area contributed by atoms with Crippen LogP contribution in [0.25, 0.3) is 6.08 Å². The van der Waals surface area contributed by atoms with Crippen molar-refractivity contribution in [3.05, 3.63) is 66.0 Å². The van der Waals surface area contributed by atoms with Gasteiger partial charge in [0.15, 0.2) is 0 Å². The fraction of sp³-hybridized carbons (Fsp3) is 0.250. The summed E-state index contributed by atoms with van der Waals surface area (Å²) in [7, 11) is 0. The molecule has 0 heterocycles. The number of nitrogens with one attached hydrogen (secondary N) is 1. The minimum Gasteiger partial charge on any atom is -0.490 e. The molecule has 1 amide bonds. The van der Waals surface area contributed by atoms with Crippen molar-refractivity contribution in [2.24, 2.45) is 0 Å². The van der Waals surface area contributed by atoms with Gasteiger partial charge in [-0.25, -0.2) is 4.39 Å². The monoisotopic (exact) mass is 325 g/mol. The van der Waals surface area contributed by atoms with Gasteiger partial charge in [-0.2, -0.15) is 0 Å². The molecule has 1 aliphatic rings. The Morgan fingerprint density at radius 3 is 2.38 bits per heavy atom. The van der Waals surface area contributed by atoms with E-state index < -0.39 is 0 Å². The van der Waals surface area contributed by atoms with Crippen LogP contribution in [0.2, 0.25) is 0 Å². The van der Waals surface area contributed by atoms with Crippen molar-refractivity contribution >= 4 is 17.7 Å². The number of rotatable bonds is 5. The predicted octanol–water partition coefficient (Wildman–Crippen LogP) is 4.80. The maximum atomic E-state index is 12.8. The van der Waals surface area contributed by atoms with Crippen molar-refractivity contribution in [1.29, 1.82) is 0 Å². The van der Waals surface area contributed by atoms with Crippen molar-refractivity contribution in [2.45, 2.75) is 31.8 Å². The first-order chi connectivity index (χ1) is 11.7. The van der Waals surface area contributed by atoms with Crippen LogP contribution in [0.15, 0.2) is 54.6 Å². The summed E-state index contributed by atoms with van der Waals surface area (Å²) in [4.78, 5) is 11.9. The molecule has 0 bridgehead atoms. The van der Waals surface area contributed by atoms with Crippen LogP contribution in [-0.4, -0.2) is 12.0 Å². The minimum absolute atomic E-state index is 0.233. The van der Waals surface area contributed by atoms with E-state index in [0.29, 0.717) is 11.8 Å². The second kappa shape index (κ2) is 7.77. The van der Waals surface area contributed by atoms with Crippen LogP contribution in [0.4, 0.5) is 10.1 Å². The lowest BCUT2D eigenvalue weighted by Crippen LogP contribution is -2.11. The van der Waals surface area contributed by atoms with E-state index in [1.54, 1.807) is 18.2 Å². The maximum Gasteiger partial charge on any atom is 0.248 e. The lowest BCUT2D eigenvalue weighted by Gasteiger charge is -2.13. The Morgan fingerprint density at radius 1 is 1.04 bits per heavy atom. The summed E-state index contributed by atoms with van der Waals surface area (Å²) in [6, 6.07) is 13.4. The topological polar surface area (TPSA) is 38.3 Å². The SMILES string of the molecule is O=C(/C=C/c1ccc(F)cc1)Nc1ccc(OC2CCCC2)cc1. The molecule has 0 atom stereocenters. The number of benzene rings is 2. The molecule has 0 unspecified atom stereocenters. The van der Waals surface area contributed by atoms with Crippen molar-refractivity contribution < 1.29 is 13.9 Å². The maximum absolute atomic E-state index is 12.8. The summed E-state index contributed by atoms with van der Waals surface area (Å²) in [6.45, 7) is 0.